The first-order valence-electron chi connectivity index (χ1n) is 17.5. The number of hydrogen-bond donors (Lipinski definition) is 0. The van der Waals surface area contributed by atoms with Crippen LogP contribution in [0.25, 0.3) is 72.0 Å². The number of halogens is 1. The second kappa shape index (κ2) is 10.7. The number of nitrogens with zero attached hydrogens (tertiary/aromatic N) is 1. The third-order valence-corrected chi connectivity index (χ3v) is 11.5. The van der Waals surface area contributed by atoms with Gasteiger partial charge in [0.2, 0.25) is 0 Å². The lowest BCUT2D eigenvalue weighted by Gasteiger charge is -2.35. The first-order chi connectivity index (χ1) is 25.2. The number of hydrogen-bond acceptors (Lipinski definition) is 0. The van der Waals surface area contributed by atoms with Crippen molar-refractivity contribution in [2.24, 2.45) is 0 Å². The molecule has 1 nitrogen and oxygen atoms in total. The van der Waals surface area contributed by atoms with Crippen LogP contribution in [0.15, 0.2) is 182 Å². The lowest BCUT2D eigenvalue weighted by Crippen LogP contribution is -2.29. The Labute approximate surface area is 301 Å². The van der Waals surface area contributed by atoms with Crippen LogP contribution >= 0.6 is 11.6 Å². The minimum Gasteiger partial charge on any atom is -0.308 e. The van der Waals surface area contributed by atoms with Crippen LogP contribution < -0.4 is 0 Å². The van der Waals surface area contributed by atoms with E-state index in [2.05, 4.69) is 168 Å². The smallest absolute Gasteiger partial charge is 0.0720 e. The maximum Gasteiger partial charge on any atom is 0.0720 e. The minimum atomic E-state index is -0.564. The van der Waals surface area contributed by atoms with Gasteiger partial charge in [0.1, 0.15) is 0 Å². The molecule has 0 amide bonds. The van der Waals surface area contributed by atoms with Crippen LogP contribution in [-0.4, -0.2) is 4.57 Å². The van der Waals surface area contributed by atoms with Crippen molar-refractivity contribution in [1.29, 1.82) is 0 Å². The molecule has 0 atom stereocenters. The Morgan fingerprint density at radius 3 is 1.86 bits per heavy atom. The van der Waals surface area contributed by atoms with E-state index >= 15 is 0 Å². The average Bonchev–Trinajstić information content (AvgIpc) is 3.65. The summed E-state index contributed by atoms with van der Waals surface area (Å²) in [4.78, 5) is 0. The van der Waals surface area contributed by atoms with Gasteiger partial charge < -0.3 is 4.57 Å². The van der Waals surface area contributed by atoms with Crippen LogP contribution in [0, 0.1) is 0 Å². The first kappa shape index (κ1) is 28.7. The molecule has 0 fully saturated rings. The molecular weight excluding hydrogens is 638 g/mol. The van der Waals surface area contributed by atoms with E-state index in [0.29, 0.717) is 0 Å². The predicted molar refractivity (Wildman–Crippen MR) is 213 cm³/mol. The highest BCUT2D eigenvalue weighted by Crippen LogP contribution is 2.64. The van der Waals surface area contributed by atoms with Crippen LogP contribution in [-0.2, 0) is 5.41 Å². The molecule has 0 saturated heterocycles. The zero-order valence-corrected chi connectivity index (χ0v) is 28.4. The number of rotatable bonds is 4. The first-order valence-corrected chi connectivity index (χ1v) is 17.9. The van der Waals surface area contributed by atoms with Crippen molar-refractivity contribution >= 4 is 33.4 Å². The summed E-state index contributed by atoms with van der Waals surface area (Å²) in [5.41, 5.74) is 18.2. The fraction of sp³-hybridized carbons (Fsp3) is 0.0204. The summed E-state index contributed by atoms with van der Waals surface area (Å²) in [6, 6.07) is 66.9. The third-order valence-electron chi connectivity index (χ3n) is 11.3. The van der Waals surface area contributed by atoms with Gasteiger partial charge in [0.15, 0.2) is 0 Å². The van der Waals surface area contributed by atoms with E-state index in [1.807, 2.05) is 18.2 Å². The highest BCUT2D eigenvalue weighted by Gasteiger charge is 2.50. The van der Waals surface area contributed by atoms with E-state index in [1.54, 1.807) is 0 Å². The summed E-state index contributed by atoms with van der Waals surface area (Å²) >= 11 is 6.41. The monoisotopic (exact) mass is 667 g/mol. The van der Waals surface area contributed by atoms with Crippen molar-refractivity contribution in [3.63, 3.8) is 0 Å². The predicted octanol–water partition coefficient (Wildman–Crippen LogP) is 13.1. The maximum atomic E-state index is 6.41. The summed E-state index contributed by atoms with van der Waals surface area (Å²) in [6.07, 6.45) is 0. The number of fused-ring (bicyclic) bond motifs is 6. The van der Waals surface area contributed by atoms with Crippen molar-refractivity contribution in [3.05, 3.63) is 209 Å². The Hall–Kier alpha value is -6.15. The lowest BCUT2D eigenvalue weighted by molar-refractivity contribution is 0.771. The van der Waals surface area contributed by atoms with Crippen LogP contribution in [0.2, 0.25) is 5.02 Å². The molecule has 0 spiro atoms. The summed E-state index contributed by atoms with van der Waals surface area (Å²) in [5.74, 6) is 0. The Morgan fingerprint density at radius 2 is 1.10 bits per heavy atom. The summed E-state index contributed by atoms with van der Waals surface area (Å²) in [5, 5.41) is 3.30. The molecule has 2 heterocycles. The molecule has 0 bridgehead atoms. The Morgan fingerprint density at radius 1 is 0.431 bits per heavy atom. The molecule has 1 aliphatic heterocycles. The molecule has 11 rings (SSSR count). The fourth-order valence-electron chi connectivity index (χ4n) is 9.27. The normalized spacial score (nSPS) is 13.4. The van der Waals surface area contributed by atoms with Gasteiger partial charge in [0, 0.05) is 26.9 Å². The molecule has 1 aromatic heterocycles. The molecule has 8 aromatic carbocycles. The van der Waals surface area contributed by atoms with Gasteiger partial charge in [0.05, 0.1) is 22.1 Å². The van der Waals surface area contributed by atoms with Gasteiger partial charge in [-0.3, -0.25) is 0 Å². The molecule has 51 heavy (non-hydrogen) atoms. The molecule has 0 radical (unpaired) electrons. The summed E-state index contributed by atoms with van der Waals surface area (Å²) in [7, 11) is 0. The van der Waals surface area contributed by atoms with Crippen LogP contribution in [0.5, 0.6) is 0 Å². The molecule has 0 saturated carbocycles. The molecule has 238 valence electrons. The maximum absolute atomic E-state index is 6.41. The largest absolute Gasteiger partial charge is 0.308 e. The van der Waals surface area contributed by atoms with E-state index in [1.165, 1.54) is 83.1 Å². The van der Waals surface area contributed by atoms with Gasteiger partial charge in [-0.25, -0.2) is 0 Å². The van der Waals surface area contributed by atoms with E-state index < -0.39 is 5.41 Å². The zero-order valence-electron chi connectivity index (χ0n) is 27.6. The average molecular weight is 668 g/mol. The highest BCUT2D eigenvalue weighted by molar-refractivity contribution is 6.30. The fourth-order valence-corrected chi connectivity index (χ4v) is 9.46. The second-order valence-electron chi connectivity index (χ2n) is 13.7. The van der Waals surface area contributed by atoms with E-state index in [0.717, 1.165) is 16.1 Å². The van der Waals surface area contributed by atoms with Gasteiger partial charge in [-0.15, -0.1) is 0 Å². The van der Waals surface area contributed by atoms with E-state index in [-0.39, 0.29) is 0 Å². The quantitative estimate of drug-likeness (QED) is 0.176. The molecule has 1 aliphatic carbocycles. The van der Waals surface area contributed by atoms with E-state index in [4.69, 9.17) is 11.6 Å². The molecular formula is C49H30ClN. The van der Waals surface area contributed by atoms with Crippen molar-refractivity contribution in [2.45, 2.75) is 5.41 Å². The van der Waals surface area contributed by atoms with Crippen molar-refractivity contribution in [1.82, 2.24) is 4.57 Å². The minimum absolute atomic E-state index is 0.564. The highest BCUT2D eigenvalue weighted by atomic mass is 35.5. The summed E-state index contributed by atoms with van der Waals surface area (Å²) in [6.45, 7) is 0. The van der Waals surface area contributed by atoms with Gasteiger partial charge >= 0.3 is 0 Å². The Balaban J connectivity index is 1.34. The molecule has 0 N–H and O–H groups in total. The van der Waals surface area contributed by atoms with Crippen molar-refractivity contribution in [3.8, 4) is 50.2 Å². The second-order valence-corrected chi connectivity index (χ2v) is 14.2. The van der Waals surface area contributed by atoms with Crippen molar-refractivity contribution < 1.29 is 0 Å². The standard InChI is InChI=1S/C49H30ClN/c50-36-17-11-12-33(30-36)31-22-24-32(25-23-31)37-26-27-40-38-18-7-9-20-43(38)51-44-21-10-8-19-39(44)41-28-29-42-46(48(41)51)45(40)47(37)49(42,34-13-3-1-4-14-34)35-15-5-2-6-16-35/h1-30H. The van der Waals surface area contributed by atoms with Crippen molar-refractivity contribution in [2.75, 3.05) is 0 Å². The van der Waals surface area contributed by atoms with Gasteiger partial charge in [-0.2, -0.15) is 0 Å². The molecule has 9 aromatic rings. The van der Waals surface area contributed by atoms with E-state index in [9.17, 15) is 0 Å². The van der Waals surface area contributed by atoms with Gasteiger partial charge in [0.25, 0.3) is 0 Å². The topological polar surface area (TPSA) is 4.93 Å². The number of para-hydroxylation sites is 2. The number of aromatic nitrogens is 1. The SMILES string of the molecule is Clc1cccc(-c2ccc(-c3ccc4c5c3C(c3ccccc3)(c3ccccc3)c3ccc6c7ccccc7n(c6c3-5)-c3ccccc3-4)cc2)c1. The third kappa shape index (κ3) is 3.82. The lowest BCUT2D eigenvalue weighted by atomic mass is 9.65. The van der Waals surface area contributed by atoms with Gasteiger partial charge in [-0.1, -0.05) is 169 Å². The molecule has 0 unspecified atom stereocenters. The van der Waals surface area contributed by atoms with Crippen LogP contribution in [0.4, 0.5) is 0 Å². The number of benzene rings is 8. The van der Waals surface area contributed by atoms with Crippen LogP contribution in [0.3, 0.4) is 0 Å². The zero-order chi connectivity index (χ0) is 33.7. The Kier molecular flexibility index (Phi) is 6.00. The Bertz CT molecular complexity index is 2810. The summed E-state index contributed by atoms with van der Waals surface area (Å²) < 4.78 is 2.54. The van der Waals surface area contributed by atoms with Gasteiger partial charge in [-0.05, 0) is 79.9 Å². The van der Waals surface area contributed by atoms with Crippen LogP contribution in [0.1, 0.15) is 22.3 Å². The molecule has 2 heteroatoms. The molecule has 2 aliphatic rings.